The van der Waals surface area contributed by atoms with Crippen molar-refractivity contribution >= 4 is 34.8 Å². The van der Waals surface area contributed by atoms with Crippen LogP contribution in [0.1, 0.15) is 19.8 Å². The maximum absolute atomic E-state index is 13.1. The molecule has 2 aromatic rings. The number of nitrogens with zero attached hydrogens (tertiary/aromatic N) is 1. The summed E-state index contributed by atoms with van der Waals surface area (Å²) in [5.74, 6) is 0.462. The van der Waals surface area contributed by atoms with Gasteiger partial charge in [0.25, 0.3) is 5.91 Å². The number of rotatable bonds is 6. The van der Waals surface area contributed by atoms with E-state index in [1.165, 1.54) is 0 Å². The Bertz CT molecular complexity index is 763. The van der Waals surface area contributed by atoms with Crippen LogP contribution in [-0.4, -0.2) is 31.1 Å². The first-order valence-electron chi connectivity index (χ1n) is 8.75. The van der Waals surface area contributed by atoms with E-state index in [9.17, 15) is 4.79 Å². The summed E-state index contributed by atoms with van der Waals surface area (Å²) in [4.78, 5) is 14.9. The monoisotopic (exact) mass is 392 g/mol. The van der Waals surface area contributed by atoms with Gasteiger partial charge in [-0.15, -0.1) is 0 Å². The highest BCUT2D eigenvalue weighted by atomic mass is 35.5. The zero-order valence-corrected chi connectivity index (χ0v) is 16.1. The van der Waals surface area contributed by atoms with Crippen molar-refractivity contribution in [3.05, 3.63) is 58.6 Å². The molecule has 0 spiro atoms. The van der Waals surface area contributed by atoms with E-state index in [2.05, 4.69) is 5.32 Å². The van der Waals surface area contributed by atoms with Gasteiger partial charge in [-0.3, -0.25) is 4.79 Å². The van der Waals surface area contributed by atoms with Gasteiger partial charge in [0.15, 0.2) is 6.10 Å². The first kappa shape index (κ1) is 19.0. The maximum Gasteiger partial charge on any atom is 0.267 e. The van der Waals surface area contributed by atoms with Gasteiger partial charge < -0.3 is 15.0 Å². The molecule has 0 saturated carbocycles. The van der Waals surface area contributed by atoms with Crippen molar-refractivity contribution in [2.24, 2.45) is 0 Å². The van der Waals surface area contributed by atoms with Gasteiger partial charge in [-0.05, 0) is 62.7 Å². The van der Waals surface area contributed by atoms with Gasteiger partial charge >= 0.3 is 0 Å². The van der Waals surface area contributed by atoms with Crippen molar-refractivity contribution in [2.75, 3.05) is 18.0 Å². The van der Waals surface area contributed by atoms with Gasteiger partial charge in [-0.2, -0.15) is 0 Å². The summed E-state index contributed by atoms with van der Waals surface area (Å²) < 4.78 is 5.83. The SMILES string of the molecule is CC(Oc1cccc(Cl)c1)C(=O)N(CC1CCCN1)c1cccc(Cl)c1. The second-order valence-corrected chi connectivity index (χ2v) is 7.31. The highest BCUT2D eigenvalue weighted by molar-refractivity contribution is 6.31. The summed E-state index contributed by atoms with van der Waals surface area (Å²) in [6.07, 6.45) is 1.53. The van der Waals surface area contributed by atoms with Crippen LogP contribution in [0.15, 0.2) is 48.5 Å². The van der Waals surface area contributed by atoms with E-state index in [1.54, 1.807) is 48.2 Å². The van der Waals surface area contributed by atoms with Gasteiger partial charge in [0, 0.05) is 28.3 Å². The smallest absolute Gasteiger partial charge is 0.267 e. The van der Waals surface area contributed by atoms with Crippen molar-refractivity contribution in [3.63, 3.8) is 0 Å². The lowest BCUT2D eigenvalue weighted by Crippen LogP contribution is -2.46. The average Bonchev–Trinajstić information content (AvgIpc) is 3.12. The Morgan fingerprint density at radius 1 is 1.23 bits per heavy atom. The number of carbonyl (C=O) groups excluding carboxylic acids is 1. The summed E-state index contributed by atoms with van der Waals surface area (Å²) in [5, 5.41) is 4.61. The zero-order valence-electron chi connectivity index (χ0n) is 14.6. The molecule has 0 radical (unpaired) electrons. The number of nitrogens with one attached hydrogen (secondary N) is 1. The molecule has 6 heteroatoms. The van der Waals surface area contributed by atoms with Gasteiger partial charge in [0.1, 0.15) is 5.75 Å². The Morgan fingerprint density at radius 2 is 1.96 bits per heavy atom. The minimum atomic E-state index is -0.645. The first-order chi connectivity index (χ1) is 12.5. The number of amides is 1. The lowest BCUT2D eigenvalue weighted by molar-refractivity contribution is -0.124. The predicted octanol–water partition coefficient (Wildman–Crippen LogP) is 4.55. The third-order valence-corrected chi connectivity index (χ3v) is 4.88. The molecule has 2 unspecified atom stereocenters. The number of hydrogen-bond donors (Lipinski definition) is 1. The summed E-state index contributed by atoms with van der Waals surface area (Å²) in [6.45, 7) is 3.32. The average molecular weight is 393 g/mol. The van der Waals surface area contributed by atoms with Gasteiger partial charge in [-0.1, -0.05) is 35.3 Å². The molecule has 1 amide bonds. The molecule has 4 nitrogen and oxygen atoms in total. The minimum absolute atomic E-state index is 0.110. The van der Waals surface area contributed by atoms with Gasteiger partial charge in [0.05, 0.1) is 0 Å². The van der Waals surface area contributed by atoms with Crippen molar-refractivity contribution < 1.29 is 9.53 Å². The third kappa shape index (κ3) is 4.91. The second-order valence-electron chi connectivity index (χ2n) is 6.44. The molecule has 0 bridgehead atoms. The molecule has 0 aromatic heterocycles. The molecule has 1 N–H and O–H groups in total. The number of hydrogen-bond acceptors (Lipinski definition) is 3. The second kappa shape index (κ2) is 8.76. The van der Waals surface area contributed by atoms with Crippen LogP contribution < -0.4 is 15.0 Å². The molecule has 26 heavy (non-hydrogen) atoms. The van der Waals surface area contributed by atoms with Crippen molar-refractivity contribution in [2.45, 2.75) is 31.9 Å². The molecule has 1 heterocycles. The lowest BCUT2D eigenvalue weighted by atomic mass is 10.1. The topological polar surface area (TPSA) is 41.6 Å². The van der Waals surface area contributed by atoms with E-state index in [-0.39, 0.29) is 11.9 Å². The van der Waals surface area contributed by atoms with E-state index < -0.39 is 6.10 Å². The molecular formula is C20H22Cl2N2O2. The highest BCUT2D eigenvalue weighted by Crippen LogP contribution is 2.24. The maximum atomic E-state index is 13.1. The van der Waals surface area contributed by atoms with Crippen LogP contribution in [0.4, 0.5) is 5.69 Å². The van der Waals surface area contributed by atoms with E-state index >= 15 is 0 Å². The molecule has 0 aliphatic carbocycles. The highest BCUT2D eigenvalue weighted by Gasteiger charge is 2.27. The van der Waals surface area contributed by atoms with E-state index in [0.717, 1.165) is 25.1 Å². The summed E-state index contributed by atoms with van der Waals surface area (Å²) in [6, 6.07) is 14.7. The van der Waals surface area contributed by atoms with Crippen LogP contribution in [-0.2, 0) is 4.79 Å². The van der Waals surface area contributed by atoms with Crippen molar-refractivity contribution in [3.8, 4) is 5.75 Å². The molecule has 1 aliphatic rings. The van der Waals surface area contributed by atoms with Crippen LogP contribution in [0.5, 0.6) is 5.75 Å². The van der Waals surface area contributed by atoms with Gasteiger partial charge in [-0.25, -0.2) is 0 Å². The van der Waals surface area contributed by atoms with Crippen molar-refractivity contribution in [1.82, 2.24) is 5.32 Å². The Labute approximate surface area is 164 Å². The molecule has 1 fully saturated rings. The predicted molar refractivity (Wildman–Crippen MR) is 106 cm³/mol. The molecular weight excluding hydrogens is 371 g/mol. The van der Waals surface area contributed by atoms with E-state index in [4.69, 9.17) is 27.9 Å². The van der Waals surface area contributed by atoms with Crippen molar-refractivity contribution in [1.29, 1.82) is 0 Å². The fourth-order valence-corrected chi connectivity index (χ4v) is 3.48. The lowest BCUT2D eigenvalue weighted by Gasteiger charge is -2.29. The number of benzene rings is 2. The number of ether oxygens (including phenoxy) is 1. The van der Waals surface area contributed by atoms with Crippen LogP contribution in [0.25, 0.3) is 0 Å². The fourth-order valence-electron chi connectivity index (χ4n) is 3.11. The van der Waals surface area contributed by atoms with Crippen LogP contribution >= 0.6 is 23.2 Å². The minimum Gasteiger partial charge on any atom is -0.481 e. The first-order valence-corrected chi connectivity index (χ1v) is 9.51. The Kier molecular flexibility index (Phi) is 6.41. The van der Waals surface area contributed by atoms with E-state index in [0.29, 0.717) is 22.3 Å². The van der Waals surface area contributed by atoms with E-state index in [1.807, 2.05) is 12.1 Å². The number of halogens is 2. The Balaban J connectivity index is 1.78. The molecule has 3 rings (SSSR count). The molecule has 1 aliphatic heterocycles. The quantitative estimate of drug-likeness (QED) is 0.783. The van der Waals surface area contributed by atoms with Crippen LogP contribution in [0, 0.1) is 0 Å². The molecule has 2 aromatic carbocycles. The third-order valence-electron chi connectivity index (χ3n) is 4.41. The molecule has 138 valence electrons. The standard InChI is InChI=1S/C20H22Cl2N2O2/c1-14(26-19-9-3-6-16(22)12-19)20(25)24(13-17-7-4-10-23-17)18-8-2-5-15(21)11-18/h2-3,5-6,8-9,11-12,14,17,23H,4,7,10,13H2,1H3. The van der Waals surface area contributed by atoms with Gasteiger partial charge in [0.2, 0.25) is 0 Å². The number of carbonyl (C=O) groups is 1. The Hall–Kier alpha value is -1.75. The van der Waals surface area contributed by atoms with Crippen LogP contribution in [0.3, 0.4) is 0 Å². The molecule has 2 atom stereocenters. The zero-order chi connectivity index (χ0) is 18.5. The normalized spacial score (nSPS) is 17.7. The fraction of sp³-hybridized carbons (Fsp3) is 0.350. The van der Waals surface area contributed by atoms with Crippen LogP contribution in [0.2, 0.25) is 10.0 Å². The summed E-state index contributed by atoms with van der Waals surface area (Å²) >= 11 is 12.1. The Morgan fingerprint density at radius 3 is 2.62 bits per heavy atom. The summed E-state index contributed by atoms with van der Waals surface area (Å²) in [5.41, 5.74) is 0.776. The summed E-state index contributed by atoms with van der Waals surface area (Å²) in [7, 11) is 0. The largest absolute Gasteiger partial charge is 0.481 e. The molecule has 1 saturated heterocycles. The number of anilines is 1.